The lowest BCUT2D eigenvalue weighted by Gasteiger charge is -2.03. The second-order valence-corrected chi connectivity index (χ2v) is 7.58. The zero-order chi connectivity index (χ0) is 19.4. The van der Waals surface area contributed by atoms with E-state index < -0.39 is 0 Å². The summed E-state index contributed by atoms with van der Waals surface area (Å²) in [6, 6.07) is 16.0. The number of hydrogen-bond acceptors (Lipinski definition) is 2. The number of aryl methyl sites for hydroxylation is 1. The molecule has 0 unspecified atom stereocenters. The summed E-state index contributed by atoms with van der Waals surface area (Å²) >= 11 is 5.71. The molecule has 6 heteroatoms. The van der Waals surface area contributed by atoms with Gasteiger partial charge in [-0.25, -0.2) is 0 Å². The number of amides is 2. The SMILES string of the molecule is CNC(=O)CCCc1ccccc1Br.CNC(=O)Cc1ccccc1I. The molecule has 0 atom stereocenters. The third-order valence-corrected chi connectivity index (χ3v) is 5.50. The second-order valence-electron chi connectivity index (χ2n) is 5.56. The Labute approximate surface area is 177 Å². The van der Waals surface area contributed by atoms with Crippen molar-refractivity contribution in [3.05, 3.63) is 67.7 Å². The van der Waals surface area contributed by atoms with E-state index in [2.05, 4.69) is 55.2 Å². The van der Waals surface area contributed by atoms with E-state index in [0.717, 1.165) is 26.4 Å². The van der Waals surface area contributed by atoms with Gasteiger partial charge in [-0.3, -0.25) is 9.59 Å². The second kappa shape index (κ2) is 12.9. The van der Waals surface area contributed by atoms with Crippen molar-refractivity contribution in [2.45, 2.75) is 25.7 Å². The summed E-state index contributed by atoms with van der Waals surface area (Å²) in [5.74, 6) is 0.163. The van der Waals surface area contributed by atoms with Crippen LogP contribution in [-0.4, -0.2) is 25.9 Å². The number of hydrogen-bond donors (Lipinski definition) is 2. The molecular weight excluding hydrogens is 507 g/mol. The highest BCUT2D eigenvalue weighted by Crippen LogP contribution is 2.17. The van der Waals surface area contributed by atoms with E-state index in [1.807, 2.05) is 42.5 Å². The van der Waals surface area contributed by atoms with E-state index in [0.29, 0.717) is 12.8 Å². The molecule has 4 nitrogen and oxygen atoms in total. The summed E-state index contributed by atoms with van der Waals surface area (Å²) < 4.78 is 2.26. The van der Waals surface area contributed by atoms with Crippen LogP contribution in [0.5, 0.6) is 0 Å². The zero-order valence-electron chi connectivity index (χ0n) is 15.0. The fourth-order valence-corrected chi connectivity index (χ4v) is 3.23. The molecule has 2 amide bonds. The average molecular weight is 531 g/mol. The summed E-state index contributed by atoms with van der Waals surface area (Å²) in [5, 5.41) is 5.21. The fourth-order valence-electron chi connectivity index (χ4n) is 2.17. The van der Waals surface area contributed by atoms with Crippen molar-refractivity contribution < 1.29 is 9.59 Å². The number of nitrogens with one attached hydrogen (secondary N) is 2. The summed E-state index contributed by atoms with van der Waals surface area (Å²) in [7, 11) is 3.32. The van der Waals surface area contributed by atoms with E-state index in [4.69, 9.17) is 0 Å². The highest BCUT2D eigenvalue weighted by atomic mass is 127. The predicted molar refractivity (Wildman–Crippen MR) is 118 cm³/mol. The molecule has 26 heavy (non-hydrogen) atoms. The smallest absolute Gasteiger partial charge is 0.224 e. The molecule has 0 spiro atoms. The number of halogens is 2. The third-order valence-electron chi connectivity index (χ3n) is 3.67. The maximum absolute atomic E-state index is 11.0. The van der Waals surface area contributed by atoms with Gasteiger partial charge in [-0.15, -0.1) is 0 Å². The molecule has 0 aliphatic heterocycles. The van der Waals surface area contributed by atoms with Gasteiger partial charge in [0.25, 0.3) is 0 Å². The highest BCUT2D eigenvalue weighted by Gasteiger charge is 2.03. The zero-order valence-corrected chi connectivity index (χ0v) is 18.8. The largest absolute Gasteiger partial charge is 0.359 e. The van der Waals surface area contributed by atoms with Crippen molar-refractivity contribution in [1.29, 1.82) is 0 Å². The molecule has 0 fully saturated rings. The Morgan fingerprint density at radius 3 is 2.08 bits per heavy atom. The Morgan fingerprint density at radius 1 is 0.923 bits per heavy atom. The number of rotatable bonds is 6. The number of likely N-dealkylation sites (N-methyl/N-ethyl adjacent to an activating group) is 1. The molecule has 0 saturated heterocycles. The summed E-state index contributed by atoms with van der Waals surface area (Å²) in [6.07, 6.45) is 2.89. The molecule has 140 valence electrons. The lowest BCUT2D eigenvalue weighted by Crippen LogP contribution is -2.20. The number of carbonyl (C=O) groups excluding carboxylic acids is 2. The van der Waals surface area contributed by atoms with Crippen LogP contribution in [0.2, 0.25) is 0 Å². The monoisotopic (exact) mass is 530 g/mol. The Bertz CT molecular complexity index is 722. The van der Waals surface area contributed by atoms with Crippen molar-refractivity contribution >= 4 is 50.3 Å². The molecule has 0 aromatic heterocycles. The van der Waals surface area contributed by atoms with Gasteiger partial charge < -0.3 is 10.6 Å². The summed E-state index contributed by atoms with van der Waals surface area (Å²) in [6.45, 7) is 0. The number of benzene rings is 2. The minimum atomic E-state index is 0.0547. The highest BCUT2D eigenvalue weighted by molar-refractivity contribution is 14.1. The first kappa shape index (κ1) is 22.6. The van der Waals surface area contributed by atoms with Crippen LogP contribution in [0.3, 0.4) is 0 Å². The molecule has 2 rings (SSSR count). The van der Waals surface area contributed by atoms with Crippen LogP contribution in [0.1, 0.15) is 24.0 Å². The third kappa shape index (κ3) is 8.80. The number of carbonyl (C=O) groups is 2. The van der Waals surface area contributed by atoms with E-state index in [-0.39, 0.29) is 11.8 Å². The van der Waals surface area contributed by atoms with Crippen molar-refractivity contribution in [3.8, 4) is 0 Å². The molecule has 0 heterocycles. The van der Waals surface area contributed by atoms with Gasteiger partial charge in [0.15, 0.2) is 0 Å². The van der Waals surface area contributed by atoms with Crippen LogP contribution in [0, 0.1) is 3.57 Å². The molecule has 0 bridgehead atoms. The first-order valence-electron chi connectivity index (χ1n) is 8.36. The molecule has 0 saturated carbocycles. The Kier molecular flexibility index (Phi) is 11.2. The van der Waals surface area contributed by atoms with Crippen LogP contribution in [-0.2, 0) is 22.4 Å². The minimum Gasteiger partial charge on any atom is -0.359 e. The van der Waals surface area contributed by atoms with Gasteiger partial charge in [0.2, 0.25) is 11.8 Å². The normalized spacial score (nSPS) is 9.69. The van der Waals surface area contributed by atoms with E-state index in [1.165, 1.54) is 5.56 Å². The first-order chi connectivity index (χ1) is 12.5. The van der Waals surface area contributed by atoms with Crippen LogP contribution < -0.4 is 10.6 Å². The molecule has 2 aromatic rings. The summed E-state index contributed by atoms with van der Waals surface area (Å²) in [4.78, 5) is 22.0. The van der Waals surface area contributed by atoms with Gasteiger partial charge >= 0.3 is 0 Å². The molecule has 0 aliphatic carbocycles. The fraction of sp³-hybridized carbons (Fsp3) is 0.300. The van der Waals surface area contributed by atoms with E-state index in [1.54, 1.807) is 14.1 Å². The minimum absolute atomic E-state index is 0.0547. The van der Waals surface area contributed by atoms with Crippen LogP contribution in [0.25, 0.3) is 0 Å². The Hall–Kier alpha value is -1.41. The molecule has 0 radical (unpaired) electrons. The lowest BCUT2D eigenvalue weighted by atomic mass is 10.1. The van der Waals surface area contributed by atoms with Gasteiger partial charge in [-0.2, -0.15) is 0 Å². The van der Waals surface area contributed by atoms with Crippen molar-refractivity contribution in [2.24, 2.45) is 0 Å². The quantitative estimate of drug-likeness (QED) is 0.552. The van der Waals surface area contributed by atoms with Gasteiger partial charge in [0.1, 0.15) is 0 Å². The van der Waals surface area contributed by atoms with Gasteiger partial charge in [0.05, 0.1) is 6.42 Å². The first-order valence-corrected chi connectivity index (χ1v) is 10.2. The molecule has 2 N–H and O–H groups in total. The average Bonchev–Trinajstić information content (AvgIpc) is 2.65. The van der Waals surface area contributed by atoms with Crippen molar-refractivity contribution in [3.63, 3.8) is 0 Å². The van der Waals surface area contributed by atoms with Gasteiger partial charge in [-0.1, -0.05) is 52.3 Å². The molecule has 0 aliphatic rings. The van der Waals surface area contributed by atoms with Gasteiger partial charge in [0, 0.05) is 28.6 Å². The van der Waals surface area contributed by atoms with Crippen molar-refractivity contribution in [1.82, 2.24) is 10.6 Å². The standard InChI is InChI=1S/C11H14BrNO.C9H10INO/c1-13-11(14)8-4-6-9-5-2-3-7-10(9)12;1-11-9(12)6-7-4-2-3-5-8(7)10/h2-3,5,7H,4,6,8H2,1H3,(H,13,14);2-5H,6H2,1H3,(H,11,12). The summed E-state index contributed by atoms with van der Waals surface area (Å²) in [5.41, 5.74) is 2.34. The predicted octanol–water partition coefficient (Wildman–Crippen LogP) is 4.10. The van der Waals surface area contributed by atoms with E-state index >= 15 is 0 Å². The van der Waals surface area contributed by atoms with Crippen molar-refractivity contribution in [2.75, 3.05) is 14.1 Å². The molecular formula is C20H24BrIN2O2. The maximum Gasteiger partial charge on any atom is 0.224 e. The van der Waals surface area contributed by atoms with Gasteiger partial charge in [-0.05, 0) is 58.7 Å². The Morgan fingerprint density at radius 2 is 1.50 bits per heavy atom. The molecule has 2 aromatic carbocycles. The Balaban J connectivity index is 0.000000263. The topological polar surface area (TPSA) is 58.2 Å². The van der Waals surface area contributed by atoms with Crippen LogP contribution in [0.15, 0.2) is 53.0 Å². The maximum atomic E-state index is 11.0. The lowest BCUT2D eigenvalue weighted by molar-refractivity contribution is -0.121. The van der Waals surface area contributed by atoms with E-state index in [9.17, 15) is 9.59 Å². The van der Waals surface area contributed by atoms with Crippen LogP contribution in [0.4, 0.5) is 0 Å². The van der Waals surface area contributed by atoms with Crippen LogP contribution >= 0.6 is 38.5 Å².